The lowest BCUT2D eigenvalue weighted by Gasteiger charge is -2.08. The summed E-state index contributed by atoms with van der Waals surface area (Å²) in [7, 11) is 1.54. The van der Waals surface area contributed by atoms with E-state index in [1.807, 2.05) is 37.3 Å². The monoisotopic (exact) mass is 296 g/mol. The molecule has 0 N–H and O–H groups in total. The summed E-state index contributed by atoms with van der Waals surface area (Å²) >= 11 is 0. The summed E-state index contributed by atoms with van der Waals surface area (Å²) in [6.45, 7) is 2.02. The van der Waals surface area contributed by atoms with Crippen molar-refractivity contribution in [2.24, 2.45) is 0 Å². The Morgan fingerprint density at radius 1 is 0.864 bits per heavy atom. The first kappa shape index (κ1) is 16.0. The summed E-state index contributed by atoms with van der Waals surface area (Å²) in [6, 6.07) is 14.7. The fourth-order valence-electron chi connectivity index (χ4n) is 2.47. The molecule has 3 heteroatoms. The third-order valence-electron chi connectivity index (χ3n) is 3.69. The van der Waals surface area contributed by atoms with Gasteiger partial charge in [-0.15, -0.1) is 0 Å². The van der Waals surface area contributed by atoms with Gasteiger partial charge in [0, 0.05) is 18.4 Å². The number of Topliss-reactive ketones (excluding diaryl/α,β-unsaturated/α-hetero) is 2. The average molecular weight is 296 g/mol. The fourth-order valence-corrected chi connectivity index (χ4v) is 2.47. The molecule has 0 heterocycles. The van der Waals surface area contributed by atoms with Crippen LogP contribution in [0.1, 0.15) is 46.0 Å². The maximum absolute atomic E-state index is 12.3. The molecular weight excluding hydrogens is 276 g/mol. The standard InChI is InChI=1S/C19H20O3/c1-3-14-8-4-5-9-15(14)17(20)12-13-18(21)16-10-6-7-11-19(16)22-2/h4-11H,3,12-13H2,1-2H3. The first-order valence-corrected chi connectivity index (χ1v) is 7.44. The van der Waals surface area contributed by atoms with E-state index in [0.717, 1.165) is 17.5 Å². The minimum Gasteiger partial charge on any atom is -0.496 e. The Bertz CT molecular complexity index is 614. The van der Waals surface area contributed by atoms with Crippen LogP contribution in [0.2, 0.25) is 0 Å². The van der Waals surface area contributed by atoms with Gasteiger partial charge in [-0.05, 0) is 24.1 Å². The van der Waals surface area contributed by atoms with Crippen molar-refractivity contribution in [2.45, 2.75) is 26.2 Å². The number of hydrogen-bond donors (Lipinski definition) is 0. The number of carbonyl (C=O) groups is 2. The van der Waals surface area contributed by atoms with Crippen LogP contribution >= 0.6 is 0 Å². The van der Waals surface area contributed by atoms with Gasteiger partial charge in [0.05, 0.1) is 12.7 Å². The Kier molecular flexibility index (Phi) is 5.48. The van der Waals surface area contributed by atoms with Crippen molar-refractivity contribution >= 4 is 11.6 Å². The van der Waals surface area contributed by atoms with Gasteiger partial charge in [0.1, 0.15) is 5.75 Å². The Morgan fingerprint density at radius 3 is 2.05 bits per heavy atom. The van der Waals surface area contributed by atoms with Crippen molar-refractivity contribution in [1.29, 1.82) is 0 Å². The summed E-state index contributed by atoms with van der Waals surface area (Å²) in [6.07, 6.45) is 1.22. The molecule has 3 nitrogen and oxygen atoms in total. The third-order valence-corrected chi connectivity index (χ3v) is 3.69. The Morgan fingerprint density at radius 2 is 1.41 bits per heavy atom. The number of ketones is 2. The van der Waals surface area contributed by atoms with Crippen molar-refractivity contribution in [3.05, 3.63) is 65.2 Å². The van der Waals surface area contributed by atoms with Crippen LogP contribution < -0.4 is 4.74 Å². The largest absolute Gasteiger partial charge is 0.496 e. The summed E-state index contributed by atoms with van der Waals surface area (Å²) in [5.41, 5.74) is 2.27. The van der Waals surface area contributed by atoms with Crippen molar-refractivity contribution in [1.82, 2.24) is 0 Å². The van der Waals surface area contributed by atoms with Crippen LogP contribution in [0.25, 0.3) is 0 Å². The Balaban J connectivity index is 2.06. The average Bonchev–Trinajstić information content (AvgIpc) is 2.59. The highest BCUT2D eigenvalue weighted by Crippen LogP contribution is 2.20. The highest BCUT2D eigenvalue weighted by Gasteiger charge is 2.15. The van der Waals surface area contributed by atoms with Crippen LogP contribution in [0, 0.1) is 0 Å². The first-order valence-electron chi connectivity index (χ1n) is 7.44. The number of hydrogen-bond acceptors (Lipinski definition) is 3. The summed E-state index contributed by atoms with van der Waals surface area (Å²) in [5, 5.41) is 0. The van der Waals surface area contributed by atoms with Crippen LogP contribution in [-0.2, 0) is 6.42 Å². The molecule has 0 saturated heterocycles. The zero-order chi connectivity index (χ0) is 15.9. The lowest BCUT2D eigenvalue weighted by atomic mass is 9.97. The van der Waals surface area contributed by atoms with Gasteiger partial charge < -0.3 is 4.74 Å². The third kappa shape index (κ3) is 3.61. The molecule has 2 rings (SSSR count). The molecule has 0 aliphatic heterocycles. The minimum absolute atomic E-state index is 0.0145. The maximum Gasteiger partial charge on any atom is 0.167 e. The second-order valence-electron chi connectivity index (χ2n) is 5.06. The van der Waals surface area contributed by atoms with Crippen molar-refractivity contribution in [2.75, 3.05) is 7.11 Å². The van der Waals surface area contributed by atoms with Gasteiger partial charge in [-0.3, -0.25) is 9.59 Å². The highest BCUT2D eigenvalue weighted by molar-refractivity contribution is 6.03. The van der Waals surface area contributed by atoms with Gasteiger partial charge in [0.15, 0.2) is 11.6 Å². The van der Waals surface area contributed by atoms with Crippen molar-refractivity contribution < 1.29 is 14.3 Å². The molecule has 2 aromatic carbocycles. The Labute approximate surface area is 130 Å². The quantitative estimate of drug-likeness (QED) is 0.722. The minimum atomic E-state index is -0.0696. The lowest BCUT2D eigenvalue weighted by molar-refractivity contribution is 0.0915. The molecule has 0 spiro atoms. The Hall–Kier alpha value is -2.42. The van der Waals surface area contributed by atoms with Crippen LogP contribution in [0.5, 0.6) is 5.75 Å². The second kappa shape index (κ2) is 7.55. The lowest BCUT2D eigenvalue weighted by Crippen LogP contribution is -2.08. The summed E-state index contributed by atoms with van der Waals surface area (Å²) < 4.78 is 5.19. The summed E-state index contributed by atoms with van der Waals surface area (Å²) in [5.74, 6) is 0.495. The van der Waals surface area contributed by atoms with E-state index >= 15 is 0 Å². The van der Waals surface area contributed by atoms with Gasteiger partial charge in [-0.1, -0.05) is 43.3 Å². The van der Waals surface area contributed by atoms with E-state index < -0.39 is 0 Å². The molecule has 114 valence electrons. The van der Waals surface area contributed by atoms with Crippen LogP contribution in [0.3, 0.4) is 0 Å². The molecule has 0 unspecified atom stereocenters. The van der Waals surface area contributed by atoms with Gasteiger partial charge in [0.2, 0.25) is 0 Å². The number of carbonyl (C=O) groups excluding carboxylic acids is 2. The number of para-hydroxylation sites is 1. The molecule has 0 aliphatic carbocycles. The topological polar surface area (TPSA) is 43.4 Å². The fraction of sp³-hybridized carbons (Fsp3) is 0.263. The predicted octanol–water partition coefficient (Wildman–Crippen LogP) is 4.10. The molecule has 22 heavy (non-hydrogen) atoms. The molecule has 0 radical (unpaired) electrons. The molecule has 0 fully saturated rings. The highest BCUT2D eigenvalue weighted by atomic mass is 16.5. The molecule has 0 bridgehead atoms. The van der Waals surface area contributed by atoms with E-state index in [9.17, 15) is 9.59 Å². The molecule has 0 amide bonds. The zero-order valence-corrected chi connectivity index (χ0v) is 13.0. The van der Waals surface area contributed by atoms with Gasteiger partial charge in [-0.25, -0.2) is 0 Å². The normalized spacial score (nSPS) is 10.3. The van der Waals surface area contributed by atoms with E-state index in [2.05, 4.69) is 0 Å². The van der Waals surface area contributed by atoms with Crippen molar-refractivity contribution in [3.63, 3.8) is 0 Å². The number of methoxy groups -OCH3 is 1. The summed E-state index contributed by atoms with van der Waals surface area (Å²) in [4.78, 5) is 24.6. The molecule has 0 saturated carbocycles. The molecule has 2 aromatic rings. The van der Waals surface area contributed by atoms with E-state index in [1.165, 1.54) is 7.11 Å². The first-order chi connectivity index (χ1) is 10.7. The molecule has 0 atom stereocenters. The van der Waals surface area contributed by atoms with E-state index in [4.69, 9.17) is 4.74 Å². The van der Waals surface area contributed by atoms with Crippen LogP contribution in [-0.4, -0.2) is 18.7 Å². The van der Waals surface area contributed by atoms with E-state index in [0.29, 0.717) is 11.3 Å². The second-order valence-corrected chi connectivity index (χ2v) is 5.06. The van der Waals surface area contributed by atoms with Gasteiger partial charge in [0.25, 0.3) is 0 Å². The van der Waals surface area contributed by atoms with Gasteiger partial charge in [-0.2, -0.15) is 0 Å². The van der Waals surface area contributed by atoms with Crippen LogP contribution in [0.15, 0.2) is 48.5 Å². The molecule has 0 aromatic heterocycles. The van der Waals surface area contributed by atoms with E-state index in [1.54, 1.807) is 18.2 Å². The number of aryl methyl sites for hydroxylation is 1. The van der Waals surface area contributed by atoms with E-state index in [-0.39, 0.29) is 24.4 Å². The van der Waals surface area contributed by atoms with Crippen molar-refractivity contribution in [3.8, 4) is 5.75 Å². The SMILES string of the molecule is CCc1ccccc1C(=O)CCC(=O)c1ccccc1OC. The maximum atomic E-state index is 12.3. The molecular formula is C19H20O3. The number of rotatable bonds is 7. The predicted molar refractivity (Wildman–Crippen MR) is 86.7 cm³/mol. The zero-order valence-electron chi connectivity index (χ0n) is 13.0. The van der Waals surface area contributed by atoms with Gasteiger partial charge >= 0.3 is 0 Å². The number of benzene rings is 2. The smallest absolute Gasteiger partial charge is 0.167 e. The van der Waals surface area contributed by atoms with Crippen LogP contribution in [0.4, 0.5) is 0 Å². The molecule has 0 aliphatic rings. The number of ether oxygens (including phenoxy) is 1.